The lowest BCUT2D eigenvalue weighted by Gasteiger charge is -2.19. The Morgan fingerprint density at radius 1 is 1.53 bits per heavy atom. The summed E-state index contributed by atoms with van der Waals surface area (Å²) in [6.45, 7) is 2.52. The molecule has 98 valence electrons. The van der Waals surface area contributed by atoms with Crippen molar-refractivity contribution in [2.24, 2.45) is 0 Å². The maximum absolute atomic E-state index is 11.4. The summed E-state index contributed by atoms with van der Waals surface area (Å²) in [6, 6.07) is -0.374. The lowest BCUT2D eigenvalue weighted by Crippen LogP contribution is -2.51. The Bertz CT molecular complexity index is 306. The first kappa shape index (κ1) is 13.7. The number of hydrogen-bond acceptors (Lipinski definition) is 4. The van der Waals surface area contributed by atoms with Crippen molar-refractivity contribution in [1.82, 2.24) is 15.5 Å². The summed E-state index contributed by atoms with van der Waals surface area (Å²) < 4.78 is 0. The van der Waals surface area contributed by atoms with Crippen LogP contribution < -0.4 is 10.6 Å². The molecule has 0 radical (unpaired) electrons. The molecule has 1 rings (SSSR count). The number of aliphatic carboxylic acids is 1. The highest BCUT2D eigenvalue weighted by molar-refractivity contribution is 5.79. The molecule has 0 aromatic carbocycles. The van der Waals surface area contributed by atoms with Gasteiger partial charge in [0.15, 0.2) is 5.60 Å². The summed E-state index contributed by atoms with van der Waals surface area (Å²) in [4.78, 5) is 24.1. The van der Waals surface area contributed by atoms with Crippen molar-refractivity contribution in [3.8, 4) is 0 Å². The van der Waals surface area contributed by atoms with Gasteiger partial charge in [-0.15, -0.1) is 0 Å². The standard InChI is InChI=1S/C10H19N3O4/c1-10(17,8(14)15)6-11-9(16)12-7-3-4-13(2)5-7/h7,17H,3-6H2,1-2H3,(H,14,15)(H2,11,12,16). The molecule has 7 nitrogen and oxygen atoms in total. The fourth-order valence-electron chi connectivity index (χ4n) is 1.62. The first-order chi connectivity index (χ1) is 7.81. The number of likely N-dealkylation sites (N-methyl/N-ethyl adjacent to an activating group) is 1. The lowest BCUT2D eigenvalue weighted by atomic mass is 10.1. The average Bonchev–Trinajstić information content (AvgIpc) is 2.61. The van der Waals surface area contributed by atoms with Crippen molar-refractivity contribution in [2.75, 3.05) is 26.7 Å². The normalized spacial score (nSPS) is 24.1. The Morgan fingerprint density at radius 2 is 2.18 bits per heavy atom. The highest BCUT2D eigenvalue weighted by Crippen LogP contribution is 2.06. The van der Waals surface area contributed by atoms with E-state index in [-0.39, 0.29) is 12.6 Å². The Morgan fingerprint density at radius 3 is 2.65 bits per heavy atom. The van der Waals surface area contributed by atoms with Crippen molar-refractivity contribution in [2.45, 2.75) is 25.0 Å². The molecule has 1 aliphatic rings. The molecular weight excluding hydrogens is 226 g/mol. The topological polar surface area (TPSA) is 102 Å². The highest BCUT2D eigenvalue weighted by atomic mass is 16.4. The molecule has 1 aliphatic heterocycles. The van der Waals surface area contributed by atoms with Gasteiger partial charge < -0.3 is 25.7 Å². The van der Waals surface area contributed by atoms with Gasteiger partial charge in [-0.1, -0.05) is 0 Å². The molecule has 1 heterocycles. The SMILES string of the molecule is CN1CCC(NC(=O)NCC(C)(O)C(=O)O)C1. The number of carbonyl (C=O) groups is 2. The van der Waals surface area contributed by atoms with E-state index in [1.54, 1.807) is 0 Å². The molecule has 1 fully saturated rings. The third kappa shape index (κ3) is 4.20. The Hall–Kier alpha value is -1.34. The maximum Gasteiger partial charge on any atom is 0.337 e. The van der Waals surface area contributed by atoms with E-state index in [1.165, 1.54) is 0 Å². The van der Waals surface area contributed by atoms with Crippen molar-refractivity contribution in [3.05, 3.63) is 0 Å². The zero-order valence-corrected chi connectivity index (χ0v) is 10.1. The second-order valence-electron chi connectivity index (χ2n) is 4.65. The zero-order valence-electron chi connectivity index (χ0n) is 10.1. The van der Waals surface area contributed by atoms with E-state index in [1.807, 2.05) is 7.05 Å². The van der Waals surface area contributed by atoms with E-state index in [4.69, 9.17) is 5.11 Å². The third-order valence-corrected chi connectivity index (χ3v) is 2.78. The largest absolute Gasteiger partial charge is 0.479 e. The molecule has 0 aromatic rings. The number of urea groups is 1. The molecule has 7 heteroatoms. The molecule has 2 atom stereocenters. The quantitative estimate of drug-likeness (QED) is 0.499. The molecule has 0 aromatic heterocycles. The van der Waals surface area contributed by atoms with Gasteiger partial charge in [0, 0.05) is 12.6 Å². The first-order valence-electron chi connectivity index (χ1n) is 5.50. The minimum absolute atomic E-state index is 0.0785. The molecular formula is C10H19N3O4. The first-order valence-corrected chi connectivity index (χ1v) is 5.50. The van der Waals surface area contributed by atoms with Crippen LogP contribution in [0.25, 0.3) is 0 Å². The van der Waals surface area contributed by atoms with Gasteiger partial charge in [0.25, 0.3) is 0 Å². The molecule has 0 spiro atoms. The average molecular weight is 245 g/mol. The number of carboxylic acids is 1. The summed E-state index contributed by atoms with van der Waals surface area (Å²) in [5.41, 5.74) is -1.94. The predicted octanol–water partition coefficient (Wildman–Crippen LogP) is -1.17. The van der Waals surface area contributed by atoms with Crippen LogP contribution in [0.15, 0.2) is 0 Å². The Labute approximate surface area is 99.8 Å². The van der Waals surface area contributed by atoms with Gasteiger partial charge in [-0.05, 0) is 26.9 Å². The lowest BCUT2D eigenvalue weighted by molar-refractivity contribution is -0.155. The molecule has 2 unspecified atom stereocenters. The molecule has 0 bridgehead atoms. The van der Waals surface area contributed by atoms with Gasteiger partial charge >= 0.3 is 12.0 Å². The van der Waals surface area contributed by atoms with E-state index < -0.39 is 17.6 Å². The second-order valence-corrected chi connectivity index (χ2v) is 4.65. The summed E-state index contributed by atoms with van der Waals surface area (Å²) in [5, 5.41) is 23.1. The van der Waals surface area contributed by atoms with Gasteiger partial charge in [0.05, 0.1) is 6.54 Å². The van der Waals surface area contributed by atoms with Crippen molar-refractivity contribution in [1.29, 1.82) is 0 Å². The number of likely N-dealkylation sites (tertiary alicyclic amines) is 1. The van der Waals surface area contributed by atoms with Crippen molar-refractivity contribution >= 4 is 12.0 Å². The van der Waals surface area contributed by atoms with Gasteiger partial charge in [-0.3, -0.25) is 0 Å². The molecule has 1 saturated heterocycles. The molecule has 17 heavy (non-hydrogen) atoms. The smallest absolute Gasteiger partial charge is 0.337 e. The number of carbonyl (C=O) groups excluding carboxylic acids is 1. The van der Waals surface area contributed by atoms with E-state index in [0.717, 1.165) is 26.4 Å². The maximum atomic E-state index is 11.4. The van der Waals surface area contributed by atoms with E-state index in [2.05, 4.69) is 15.5 Å². The number of nitrogens with one attached hydrogen (secondary N) is 2. The van der Waals surface area contributed by atoms with Crippen LogP contribution in [-0.2, 0) is 4.79 Å². The van der Waals surface area contributed by atoms with Crippen LogP contribution in [0.3, 0.4) is 0 Å². The fourth-order valence-corrected chi connectivity index (χ4v) is 1.62. The Kier molecular flexibility index (Phi) is 4.30. The minimum Gasteiger partial charge on any atom is -0.479 e. The monoisotopic (exact) mass is 245 g/mol. The summed E-state index contributed by atoms with van der Waals surface area (Å²) >= 11 is 0. The summed E-state index contributed by atoms with van der Waals surface area (Å²) in [5.74, 6) is -1.36. The number of carboxylic acid groups (broad SMARTS) is 1. The number of aliphatic hydroxyl groups is 1. The number of rotatable bonds is 4. The minimum atomic E-state index is -1.94. The van der Waals surface area contributed by atoms with Crippen LogP contribution in [0.2, 0.25) is 0 Å². The van der Waals surface area contributed by atoms with Gasteiger partial charge in [0.2, 0.25) is 0 Å². The molecule has 0 saturated carbocycles. The van der Waals surface area contributed by atoms with Crippen LogP contribution in [0.5, 0.6) is 0 Å². The van der Waals surface area contributed by atoms with E-state index in [9.17, 15) is 14.7 Å². The van der Waals surface area contributed by atoms with E-state index in [0.29, 0.717) is 0 Å². The number of nitrogens with zero attached hydrogens (tertiary/aromatic N) is 1. The molecule has 0 aliphatic carbocycles. The van der Waals surface area contributed by atoms with Crippen LogP contribution in [0.4, 0.5) is 4.79 Å². The van der Waals surface area contributed by atoms with Crippen LogP contribution in [0, 0.1) is 0 Å². The van der Waals surface area contributed by atoms with Gasteiger partial charge in [-0.25, -0.2) is 9.59 Å². The van der Waals surface area contributed by atoms with Crippen molar-refractivity contribution in [3.63, 3.8) is 0 Å². The van der Waals surface area contributed by atoms with Gasteiger partial charge in [0.1, 0.15) is 0 Å². The number of amides is 2. The summed E-state index contributed by atoms with van der Waals surface area (Å²) in [6.07, 6.45) is 0.874. The van der Waals surface area contributed by atoms with Crippen LogP contribution in [-0.4, -0.2) is 65.4 Å². The zero-order chi connectivity index (χ0) is 13.1. The van der Waals surface area contributed by atoms with E-state index >= 15 is 0 Å². The number of hydrogen-bond donors (Lipinski definition) is 4. The second kappa shape index (κ2) is 5.33. The van der Waals surface area contributed by atoms with Crippen molar-refractivity contribution < 1.29 is 19.8 Å². The van der Waals surface area contributed by atoms with Gasteiger partial charge in [-0.2, -0.15) is 0 Å². The fraction of sp³-hybridized carbons (Fsp3) is 0.800. The Balaban J connectivity index is 2.28. The summed E-state index contributed by atoms with van der Waals surface area (Å²) in [7, 11) is 1.97. The van der Waals surface area contributed by atoms with Crippen LogP contribution >= 0.6 is 0 Å². The molecule has 4 N–H and O–H groups in total. The predicted molar refractivity (Wildman–Crippen MR) is 60.7 cm³/mol. The van der Waals surface area contributed by atoms with Crippen LogP contribution in [0.1, 0.15) is 13.3 Å². The highest BCUT2D eigenvalue weighted by Gasteiger charge is 2.30. The third-order valence-electron chi connectivity index (χ3n) is 2.78. The molecule has 2 amide bonds.